The molecule has 2 aromatic heterocycles. The van der Waals surface area contributed by atoms with Crippen LogP contribution in [0.15, 0.2) is 10.3 Å². The standard InChI is InChI=1S/C11H12N4O2S4/c1-6(16)18-10-12-8(20-14-10)4-3-5-9-13-11(15-21-9)19-7(2)17/h3-5H2,1-2H3. The van der Waals surface area contributed by atoms with Gasteiger partial charge in [-0.25, -0.2) is 9.97 Å². The molecule has 0 aliphatic heterocycles. The zero-order valence-corrected chi connectivity index (χ0v) is 14.6. The van der Waals surface area contributed by atoms with Crippen LogP contribution in [0.5, 0.6) is 0 Å². The molecular weight excluding hydrogens is 348 g/mol. The highest BCUT2D eigenvalue weighted by molar-refractivity contribution is 8.13. The van der Waals surface area contributed by atoms with E-state index in [1.807, 2.05) is 0 Å². The zero-order valence-electron chi connectivity index (χ0n) is 11.4. The van der Waals surface area contributed by atoms with E-state index >= 15 is 0 Å². The minimum Gasteiger partial charge on any atom is -0.287 e. The maximum atomic E-state index is 10.9. The quantitative estimate of drug-likeness (QED) is 0.727. The van der Waals surface area contributed by atoms with Crippen LogP contribution in [0.1, 0.15) is 30.3 Å². The Morgan fingerprint density at radius 1 is 0.905 bits per heavy atom. The van der Waals surface area contributed by atoms with Gasteiger partial charge < -0.3 is 0 Å². The van der Waals surface area contributed by atoms with Crippen LogP contribution in [-0.4, -0.2) is 28.9 Å². The first-order valence-corrected chi connectivity index (χ1v) is 9.23. The Kier molecular flexibility index (Phi) is 6.27. The third-order valence-corrected chi connectivity index (χ3v) is 5.23. The van der Waals surface area contributed by atoms with E-state index in [0.717, 1.165) is 52.8 Å². The van der Waals surface area contributed by atoms with Crippen LogP contribution in [0, 0.1) is 0 Å². The Hall–Kier alpha value is -0.840. The molecule has 10 heteroatoms. The molecule has 0 atom stereocenters. The Labute approximate surface area is 138 Å². The second-order valence-corrected chi connectivity index (χ2v) is 7.94. The molecule has 0 spiro atoms. The Balaban J connectivity index is 1.78. The summed E-state index contributed by atoms with van der Waals surface area (Å²) in [6.07, 6.45) is 2.48. The van der Waals surface area contributed by atoms with Crippen molar-refractivity contribution in [2.24, 2.45) is 0 Å². The molecule has 21 heavy (non-hydrogen) atoms. The monoisotopic (exact) mass is 360 g/mol. The summed E-state index contributed by atoms with van der Waals surface area (Å²) in [7, 11) is 0. The number of hydrogen-bond acceptors (Lipinski definition) is 10. The van der Waals surface area contributed by atoms with Gasteiger partial charge in [-0.3, -0.25) is 9.59 Å². The molecule has 2 aromatic rings. The van der Waals surface area contributed by atoms with E-state index in [1.54, 1.807) is 0 Å². The van der Waals surface area contributed by atoms with Gasteiger partial charge in [0.1, 0.15) is 10.0 Å². The lowest BCUT2D eigenvalue weighted by Gasteiger charge is -1.93. The maximum absolute atomic E-state index is 10.9. The first-order chi connectivity index (χ1) is 10.0. The fourth-order valence-electron chi connectivity index (χ4n) is 1.41. The molecule has 2 rings (SSSR count). The van der Waals surface area contributed by atoms with Gasteiger partial charge in [-0.15, -0.1) is 0 Å². The predicted octanol–water partition coefficient (Wildman–Crippen LogP) is 2.84. The average Bonchev–Trinajstić information content (AvgIpc) is 2.98. The van der Waals surface area contributed by atoms with Crippen LogP contribution >= 0.6 is 46.6 Å². The highest BCUT2D eigenvalue weighted by atomic mass is 32.2. The van der Waals surface area contributed by atoms with Crippen molar-refractivity contribution < 1.29 is 9.59 Å². The van der Waals surface area contributed by atoms with Crippen molar-refractivity contribution >= 4 is 56.8 Å². The van der Waals surface area contributed by atoms with Crippen LogP contribution in [0.25, 0.3) is 0 Å². The SMILES string of the molecule is CC(=O)Sc1nsc(CCCc2nc(SC(C)=O)ns2)n1. The normalized spacial score (nSPS) is 10.8. The molecule has 0 bridgehead atoms. The summed E-state index contributed by atoms with van der Waals surface area (Å²) in [5.74, 6) is 0. The first kappa shape index (κ1) is 16.5. The topological polar surface area (TPSA) is 85.7 Å². The third kappa shape index (κ3) is 5.81. The molecule has 2 heterocycles. The fourth-order valence-corrected chi connectivity index (χ4v) is 4.05. The number of hydrogen-bond donors (Lipinski definition) is 0. The van der Waals surface area contributed by atoms with Gasteiger partial charge in [-0.2, -0.15) is 8.75 Å². The molecule has 0 aliphatic rings. The number of aryl methyl sites for hydroxylation is 2. The minimum absolute atomic E-state index is 0.0105. The molecule has 0 unspecified atom stereocenters. The van der Waals surface area contributed by atoms with E-state index in [0.29, 0.717) is 10.3 Å². The van der Waals surface area contributed by atoms with Crippen molar-refractivity contribution in [2.45, 2.75) is 43.4 Å². The van der Waals surface area contributed by atoms with E-state index in [2.05, 4.69) is 18.7 Å². The molecule has 0 radical (unpaired) electrons. The van der Waals surface area contributed by atoms with Gasteiger partial charge in [-0.1, -0.05) is 0 Å². The molecule has 0 saturated heterocycles. The zero-order chi connectivity index (χ0) is 15.2. The Morgan fingerprint density at radius 3 is 1.71 bits per heavy atom. The lowest BCUT2D eigenvalue weighted by molar-refractivity contribution is -0.109. The molecule has 0 fully saturated rings. The largest absolute Gasteiger partial charge is 0.287 e. The Morgan fingerprint density at radius 2 is 1.33 bits per heavy atom. The van der Waals surface area contributed by atoms with E-state index in [1.165, 1.54) is 36.9 Å². The second-order valence-electron chi connectivity index (χ2n) is 3.98. The van der Waals surface area contributed by atoms with Crippen molar-refractivity contribution in [2.75, 3.05) is 0 Å². The van der Waals surface area contributed by atoms with Gasteiger partial charge in [0.25, 0.3) is 0 Å². The molecule has 0 aliphatic carbocycles. The number of nitrogens with zero attached hydrogens (tertiary/aromatic N) is 4. The fraction of sp³-hybridized carbons (Fsp3) is 0.455. The summed E-state index contributed by atoms with van der Waals surface area (Å²) in [5, 5.41) is 2.87. The molecule has 0 amide bonds. The summed E-state index contributed by atoms with van der Waals surface area (Å²) in [6.45, 7) is 2.99. The number of carbonyl (C=O) groups excluding carboxylic acids is 2. The molecule has 112 valence electrons. The van der Waals surface area contributed by atoms with Gasteiger partial charge in [0.2, 0.25) is 10.3 Å². The van der Waals surface area contributed by atoms with Crippen LogP contribution in [0.3, 0.4) is 0 Å². The number of rotatable bonds is 6. The van der Waals surface area contributed by atoms with Crippen LogP contribution < -0.4 is 0 Å². The van der Waals surface area contributed by atoms with E-state index in [9.17, 15) is 9.59 Å². The second kappa shape index (κ2) is 7.97. The minimum atomic E-state index is -0.0105. The van der Waals surface area contributed by atoms with Crippen molar-refractivity contribution in [3.63, 3.8) is 0 Å². The summed E-state index contributed by atoms with van der Waals surface area (Å²) in [5.41, 5.74) is 0. The predicted molar refractivity (Wildman–Crippen MR) is 84.9 cm³/mol. The van der Waals surface area contributed by atoms with Gasteiger partial charge in [0, 0.05) is 26.7 Å². The highest BCUT2D eigenvalue weighted by Crippen LogP contribution is 2.20. The molecule has 0 saturated carbocycles. The maximum Gasteiger partial charge on any atom is 0.207 e. The van der Waals surface area contributed by atoms with Crippen molar-refractivity contribution in [3.8, 4) is 0 Å². The summed E-state index contributed by atoms with van der Waals surface area (Å²) in [6, 6.07) is 0. The molecule has 0 aromatic carbocycles. The van der Waals surface area contributed by atoms with Crippen LogP contribution in [0.4, 0.5) is 0 Å². The van der Waals surface area contributed by atoms with Crippen molar-refractivity contribution in [1.82, 2.24) is 18.7 Å². The lowest BCUT2D eigenvalue weighted by Crippen LogP contribution is -1.90. The highest BCUT2D eigenvalue weighted by Gasteiger charge is 2.09. The third-order valence-electron chi connectivity index (χ3n) is 2.15. The van der Waals surface area contributed by atoms with E-state index in [-0.39, 0.29) is 10.2 Å². The summed E-state index contributed by atoms with van der Waals surface area (Å²) >= 11 is 4.75. The molecular formula is C11H12N4O2S4. The van der Waals surface area contributed by atoms with Gasteiger partial charge >= 0.3 is 0 Å². The lowest BCUT2D eigenvalue weighted by atomic mass is 10.2. The first-order valence-electron chi connectivity index (χ1n) is 6.05. The molecule has 0 N–H and O–H groups in total. The van der Waals surface area contributed by atoms with Crippen molar-refractivity contribution in [3.05, 3.63) is 10.0 Å². The average molecular weight is 361 g/mol. The van der Waals surface area contributed by atoms with Crippen LogP contribution in [-0.2, 0) is 22.4 Å². The number of carbonyl (C=O) groups is 2. The summed E-state index contributed by atoms with van der Waals surface area (Å²) in [4.78, 5) is 30.5. The van der Waals surface area contributed by atoms with Gasteiger partial charge in [-0.05, 0) is 53.0 Å². The number of thioether (sulfide) groups is 2. The Bertz CT molecular complexity index is 585. The van der Waals surface area contributed by atoms with Gasteiger partial charge in [0.05, 0.1) is 0 Å². The molecule has 6 nitrogen and oxygen atoms in total. The van der Waals surface area contributed by atoms with Crippen LogP contribution in [0.2, 0.25) is 0 Å². The van der Waals surface area contributed by atoms with E-state index in [4.69, 9.17) is 0 Å². The van der Waals surface area contributed by atoms with Gasteiger partial charge in [0.15, 0.2) is 10.2 Å². The van der Waals surface area contributed by atoms with E-state index < -0.39 is 0 Å². The summed E-state index contributed by atoms with van der Waals surface area (Å²) < 4.78 is 8.25. The number of aromatic nitrogens is 4. The van der Waals surface area contributed by atoms with Crippen molar-refractivity contribution in [1.29, 1.82) is 0 Å². The smallest absolute Gasteiger partial charge is 0.207 e.